The van der Waals surface area contributed by atoms with E-state index in [0.717, 1.165) is 35.0 Å². The fraction of sp³-hybridized carbons (Fsp3) is 0.423. The van der Waals surface area contributed by atoms with Gasteiger partial charge in [0.15, 0.2) is 0 Å². The first-order valence-electron chi connectivity index (χ1n) is 12.3. The summed E-state index contributed by atoms with van der Waals surface area (Å²) in [6.07, 6.45) is 3.15. The molecule has 9 nitrogen and oxygen atoms in total. The highest BCUT2D eigenvalue weighted by Crippen LogP contribution is 2.31. The summed E-state index contributed by atoms with van der Waals surface area (Å²) in [6, 6.07) is 10.3. The summed E-state index contributed by atoms with van der Waals surface area (Å²) in [6.45, 7) is 8.23. The van der Waals surface area contributed by atoms with Crippen LogP contribution in [0.15, 0.2) is 36.5 Å². The molecule has 182 valence electrons. The van der Waals surface area contributed by atoms with Crippen molar-refractivity contribution in [3.8, 4) is 0 Å². The number of rotatable bonds is 7. The van der Waals surface area contributed by atoms with Gasteiger partial charge in [-0.25, -0.2) is 4.98 Å². The maximum Gasteiger partial charge on any atom is 0.273 e. The molecule has 0 aliphatic carbocycles. The van der Waals surface area contributed by atoms with Crippen molar-refractivity contribution in [3.05, 3.63) is 53.3 Å². The van der Waals surface area contributed by atoms with E-state index in [2.05, 4.69) is 26.6 Å². The number of aromatic nitrogens is 3. The van der Waals surface area contributed by atoms with Crippen molar-refractivity contribution in [2.75, 3.05) is 23.3 Å². The van der Waals surface area contributed by atoms with E-state index in [4.69, 9.17) is 9.97 Å². The number of nitrogens with one attached hydrogen (secondary N) is 2. The van der Waals surface area contributed by atoms with Crippen LogP contribution in [-0.4, -0.2) is 56.8 Å². The Morgan fingerprint density at radius 1 is 1.23 bits per heavy atom. The summed E-state index contributed by atoms with van der Waals surface area (Å²) in [7, 11) is 0. The Morgan fingerprint density at radius 3 is 2.86 bits per heavy atom. The van der Waals surface area contributed by atoms with Gasteiger partial charge >= 0.3 is 0 Å². The molecule has 3 aromatic rings. The van der Waals surface area contributed by atoms with Crippen LogP contribution < -0.4 is 15.5 Å². The van der Waals surface area contributed by atoms with Crippen LogP contribution in [0, 0.1) is 0 Å². The number of fused-ring (bicyclic) bond motifs is 2. The average Bonchev–Trinajstić information content (AvgIpc) is 3.47. The number of hydrogen-bond donors (Lipinski definition) is 2. The van der Waals surface area contributed by atoms with Crippen molar-refractivity contribution in [1.82, 2.24) is 25.2 Å². The molecule has 2 aromatic heterocycles. The third-order valence-electron chi connectivity index (χ3n) is 6.67. The minimum atomic E-state index is -0.0656. The molecule has 0 saturated carbocycles. The molecule has 2 aliphatic heterocycles. The van der Waals surface area contributed by atoms with Gasteiger partial charge < -0.3 is 20.4 Å². The number of para-hydroxylation sites is 1. The van der Waals surface area contributed by atoms with E-state index in [9.17, 15) is 9.59 Å². The summed E-state index contributed by atoms with van der Waals surface area (Å²) >= 11 is 0. The lowest BCUT2D eigenvalue weighted by molar-refractivity contribution is -0.121. The minimum Gasteiger partial charge on any atom is -0.365 e. The highest BCUT2D eigenvalue weighted by Gasteiger charge is 2.35. The zero-order valence-corrected chi connectivity index (χ0v) is 20.4. The van der Waals surface area contributed by atoms with Gasteiger partial charge in [0.25, 0.3) is 5.91 Å². The Bertz CT molecular complexity index is 1280. The molecular weight excluding hydrogens is 442 g/mol. The zero-order chi connectivity index (χ0) is 24.5. The molecule has 2 N–H and O–H groups in total. The van der Waals surface area contributed by atoms with Gasteiger partial charge in [-0.1, -0.05) is 25.1 Å². The number of carbonyl (C=O) groups is 2. The summed E-state index contributed by atoms with van der Waals surface area (Å²) in [5.74, 6) is 1.18. The van der Waals surface area contributed by atoms with Gasteiger partial charge in [-0.05, 0) is 38.0 Å². The van der Waals surface area contributed by atoms with Crippen LogP contribution in [0.2, 0.25) is 0 Å². The topological polar surface area (TPSA) is 103 Å². The van der Waals surface area contributed by atoms with Gasteiger partial charge in [0.05, 0.1) is 12.1 Å². The maximum atomic E-state index is 13.1. The fourth-order valence-corrected chi connectivity index (χ4v) is 4.67. The largest absolute Gasteiger partial charge is 0.365 e. The number of carbonyl (C=O) groups excluding carboxylic acids is 2. The van der Waals surface area contributed by atoms with Crippen LogP contribution in [0.4, 0.5) is 11.8 Å². The van der Waals surface area contributed by atoms with Crippen molar-refractivity contribution in [1.29, 1.82) is 0 Å². The van der Waals surface area contributed by atoms with E-state index in [1.165, 1.54) is 0 Å². The molecule has 1 aromatic carbocycles. The smallest absolute Gasteiger partial charge is 0.273 e. The van der Waals surface area contributed by atoms with Crippen molar-refractivity contribution in [3.63, 3.8) is 0 Å². The predicted octanol–water partition coefficient (Wildman–Crippen LogP) is 3.11. The number of benzene rings is 1. The summed E-state index contributed by atoms with van der Waals surface area (Å²) in [5.41, 5.74) is 3.28. The van der Waals surface area contributed by atoms with E-state index in [1.54, 1.807) is 0 Å². The first-order chi connectivity index (χ1) is 16.9. The fourth-order valence-electron chi connectivity index (χ4n) is 4.67. The monoisotopic (exact) mass is 473 g/mol. The third kappa shape index (κ3) is 4.62. The molecule has 1 unspecified atom stereocenters. The molecule has 35 heavy (non-hydrogen) atoms. The number of anilines is 2. The van der Waals surface area contributed by atoms with Gasteiger partial charge in [0, 0.05) is 55.3 Å². The summed E-state index contributed by atoms with van der Waals surface area (Å²) in [4.78, 5) is 43.0. The molecule has 4 heterocycles. The second-order valence-corrected chi connectivity index (χ2v) is 9.47. The van der Waals surface area contributed by atoms with E-state index in [1.807, 2.05) is 56.1 Å². The molecule has 2 amide bonds. The van der Waals surface area contributed by atoms with Crippen LogP contribution in [0.1, 0.15) is 55.2 Å². The summed E-state index contributed by atoms with van der Waals surface area (Å²) in [5, 5.41) is 7.59. The Hall–Kier alpha value is -3.75. The van der Waals surface area contributed by atoms with Crippen molar-refractivity contribution < 1.29 is 9.59 Å². The van der Waals surface area contributed by atoms with Crippen molar-refractivity contribution in [2.45, 2.75) is 58.8 Å². The number of amides is 2. The van der Waals surface area contributed by atoms with Crippen LogP contribution in [-0.2, 0) is 17.9 Å². The van der Waals surface area contributed by atoms with Gasteiger partial charge in [-0.2, -0.15) is 4.98 Å². The first kappa shape index (κ1) is 23.0. The molecule has 1 fully saturated rings. The SMILES string of the molecule is CCC(=O)NC1CCN(c2nc(NCc3cnc4ccccc4c3)c3c(n2)C(=O)N(C(C)C)C3)C1. The Morgan fingerprint density at radius 2 is 2.06 bits per heavy atom. The Balaban J connectivity index is 1.42. The second-order valence-electron chi connectivity index (χ2n) is 9.47. The van der Waals surface area contributed by atoms with Crippen molar-refractivity contribution >= 4 is 34.5 Å². The van der Waals surface area contributed by atoms with Crippen LogP contribution in [0.3, 0.4) is 0 Å². The number of nitrogens with zero attached hydrogens (tertiary/aromatic N) is 5. The van der Waals surface area contributed by atoms with Gasteiger partial charge in [-0.15, -0.1) is 0 Å². The summed E-state index contributed by atoms with van der Waals surface area (Å²) < 4.78 is 0. The number of hydrogen-bond acceptors (Lipinski definition) is 7. The van der Waals surface area contributed by atoms with Crippen LogP contribution in [0.25, 0.3) is 10.9 Å². The number of pyridine rings is 1. The van der Waals surface area contributed by atoms with Crippen LogP contribution >= 0.6 is 0 Å². The van der Waals surface area contributed by atoms with E-state index in [0.29, 0.717) is 43.5 Å². The normalized spacial score (nSPS) is 17.4. The Kier molecular flexibility index (Phi) is 6.23. The average molecular weight is 474 g/mol. The van der Waals surface area contributed by atoms with Gasteiger partial charge in [-0.3, -0.25) is 14.6 Å². The molecule has 0 bridgehead atoms. The highest BCUT2D eigenvalue weighted by molar-refractivity contribution is 5.98. The quantitative estimate of drug-likeness (QED) is 0.543. The second kappa shape index (κ2) is 9.48. The third-order valence-corrected chi connectivity index (χ3v) is 6.67. The van der Waals surface area contributed by atoms with E-state index < -0.39 is 0 Å². The molecule has 5 rings (SSSR count). The van der Waals surface area contributed by atoms with Crippen molar-refractivity contribution in [2.24, 2.45) is 0 Å². The molecule has 1 atom stereocenters. The molecule has 9 heteroatoms. The highest BCUT2D eigenvalue weighted by atomic mass is 16.2. The Labute approximate surface area is 205 Å². The van der Waals surface area contributed by atoms with E-state index in [-0.39, 0.29) is 23.9 Å². The van der Waals surface area contributed by atoms with Gasteiger partial charge in [0.1, 0.15) is 11.5 Å². The lowest BCUT2D eigenvalue weighted by Crippen LogP contribution is -2.37. The minimum absolute atomic E-state index is 0.0424. The van der Waals surface area contributed by atoms with Crippen LogP contribution in [0.5, 0.6) is 0 Å². The predicted molar refractivity (Wildman–Crippen MR) is 135 cm³/mol. The molecular formula is C26H31N7O2. The zero-order valence-electron chi connectivity index (χ0n) is 20.4. The van der Waals surface area contributed by atoms with E-state index >= 15 is 0 Å². The standard InChI is InChI=1S/C26H31N7O2/c1-4-22(34)29-19-9-10-32(14-19)26-30-23-20(15-33(16(2)3)25(23)35)24(31-26)28-13-17-11-18-7-5-6-8-21(18)27-12-17/h5-8,11-12,16,19H,4,9-10,13-15H2,1-3H3,(H,29,34)(H,28,30,31). The van der Waals surface area contributed by atoms with Gasteiger partial charge in [0.2, 0.25) is 11.9 Å². The maximum absolute atomic E-state index is 13.1. The molecule has 0 radical (unpaired) electrons. The molecule has 0 spiro atoms. The lowest BCUT2D eigenvalue weighted by Gasteiger charge is -2.19. The first-order valence-corrected chi connectivity index (χ1v) is 12.3. The molecule has 2 aliphatic rings. The lowest BCUT2D eigenvalue weighted by atomic mass is 10.1. The molecule has 1 saturated heterocycles.